The van der Waals surface area contributed by atoms with E-state index in [0.717, 1.165) is 31.1 Å². The zero-order chi connectivity index (χ0) is 20.2. The molecule has 1 saturated heterocycles. The van der Waals surface area contributed by atoms with Gasteiger partial charge in [-0.05, 0) is 30.5 Å². The number of rotatable bonds is 6. The van der Waals surface area contributed by atoms with Crippen LogP contribution in [0.25, 0.3) is 11.5 Å². The van der Waals surface area contributed by atoms with E-state index in [2.05, 4.69) is 55.2 Å². The van der Waals surface area contributed by atoms with E-state index in [1.165, 1.54) is 29.1 Å². The summed E-state index contributed by atoms with van der Waals surface area (Å²) in [6.07, 6.45) is 0. The molecule has 1 aliphatic heterocycles. The van der Waals surface area contributed by atoms with Gasteiger partial charge in [-0.25, -0.2) is 0 Å². The van der Waals surface area contributed by atoms with Gasteiger partial charge in [0.15, 0.2) is 6.04 Å². The maximum absolute atomic E-state index is 5.99. The molecule has 5 heteroatoms. The van der Waals surface area contributed by atoms with Gasteiger partial charge in [0.25, 0.3) is 5.89 Å². The first-order chi connectivity index (χ1) is 14.1. The third-order valence-corrected chi connectivity index (χ3v) is 6.14. The molecule has 0 bridgehead atoms. The van der Waals surface area contributed by atoms with Gasteiger partial charge in [0.05, 0.1) is 0 Å². The Labute approximate surface area is 173 Å². The van der Waals surface area contributed by atoms with Crippen molar-refractivity contribution in [1.82, 2.24) is 10.2 Å². The second kappa shape index (κ2) is 8.89. The highest BCUT2D eigenvalue weighted by Crippen LogP contribution is 2.19. The molecule has 2 heterocycles. The van der Waals surface area contributed by atoms with Crippen LogP contribution in [0.4, 0.5) is 0 Å². The number of hydrogen-bond acceptors (Lipinski definition) is 3. The molecular formula is C24H32N4O+2. The SMILES string of the molecule is CC(C)c1ccc(C[NH+]2CC[NH+]([C@H](C)c3nnc(-c4ccccc4)o3)CC2)cc1. The molecule has 1 aromatic heterocycles. The van der Waals surface area contributed by atoms with Crippen LogP contribution in [0.15, 0.2) is 59.0 Å². The van der Waals surface area contributed by atoms with Crippen molar-refractivity contribution in [2.75, 3.05) is 26.2 Å². The normalized spacial score (nSPS) is 20.7. The Morgan fingerprint density at radius 2 is 1.55 bits per heavy atom. The van der Waals surface area contributed by atoms with Crippen LogP contribution in [0, 0.1) is 0 Å². The minimum atomic E-state index is 0.229. The smallest absolute Gasteiger partial charge is 0.274 e. The predicted octanol–water partition coefficient (Wildman–Crippen LogP) is 1.90. The lowest BCUT2D eigenvalue weighted by Gasteiger charge is -2.32. The summed E-state index contributed by atoms with van der Waals surface area (Å²) in [7, 11) is 0. The summed E-state index contributed by atoms with van der Waals surface area (Å²) >= 11 is 0. The highest BCUT2D eigenvalue weighted by Gasteiger charge is 2.31. The molecule has 29 heavy (non-hydrogen) atoms. The van der Waals surface area contributed by atoms with Crippen LogP contribution in [0.2, 0.25) is 0 Å². The standard InChI is InChI=1S/C24H30N4O/c1-18(2)21-11-9-20(10-12-21)17-27-13-15-28(16-14-27)19(3)23-25-26-24(29-23)22-7-5-4-6-8-22/h4-12,18-19H,13-17H2,1-3H3/p+2/t19-/m1/s1. The van der Waals surface area contributed by atoms with Gasteiger partial charge in [0.1, 0.15) is 32.7 Å². The summed E-state index contributed by atoms with van der Waals surface area (Å²) in [5.74, 6) is 1.95. The van der Waals surface area contributed by atoms with Crippen molar-refractivity contribution in [2.24, 2.45) is 0 Å². The average Bonchev–Trinajstić information content (AvgIpc) is 3.25. The highest BCUT2D eigenvalue weighted by atomic mass is 16.4. The van der Waals surface area contributed by atoms with Gasteiger partial charge in [0, 0.05) is 11.1 Å². The summed E-state index contributed by atoms with van der Waals surface area (Å²) in [6.45, 7) is 12.4. The van der Waals surface area contributed by atoms with Crippen molar-refractivity contribution < 1.29 is 14.2 Å². The maximum atomic E-state index is 5.99. The minimum absolute atomic E-state index is 0.229. The number of nitrogens with one attached hydrogen (secondary N) is 2. The number of piperazine rings is 1. The summed E-state index contributed by atoms with van der Waals surface area (Å²) in [5.41, 5.74) is 3.83. The Morgan fingerprint density at radius 1 is 0.862 bits per heavy atom. The summed E-state index contributed by atoms with van der Waals surface area (Å²) in [5, 5.41) is 8.59. The molecule has 0 radical (unpaired) electrons. The fourth-order valence-electron chi connectivity index (χ4n) is 4.13. The summed E-state index contributed by atoms with van der Waals surface area (Å²) in [6, 6.07) is 19.4. The third-order valence-electron chi connectivity index (χ3n) is 6.14. The van der Waals surface area contributed by atoms with Crippen LogP contribution < -0.4 is 9.80 Å². The molecule has 0 aliphatic carbocycles. The number of quaternary nitrogens is 2. The monoisotopic (exact) mass is 392 g/mol. The van der Waals surface area contributed by atoms with E-state index in [-0.39, 0.29) is 6.04 Å². The van der Waals surface area contributed by atoms with E-state index in [4.69, 9.17) is 4.42 Å². The Balaban J connectivity index is 1.32. The van der Waals surface area contributed by atoms with Gasteiger partial charge in [-0.15, -0.1) is 10.2 Å². The first-order valence-corrected chi connectivity index (χ1v) is 10.8. The Hall–Kier alpha value is -2.50. The molecule has 3 aromatic rings. The molecule has 0 saturated carbocycles. The van der Waals surface area contributed by atoms with Crippen LogP contribution in [0.1, 0.15) is 49.7 Å². The molecule has 0 unspecified atom stereocenters. The molecular weight excluding hydrogens is 360 g/mol. The van der Waals surface area contributed by atoms with Crippen molar-refractivity contribution in [2.45, 2.75) is 39.3 Å². The second-order valence-corrected chi connectivity index (χ2v) is 8.51. The second-order valence-electron chi connectivity index (χ2n) is 8.51. The van der Waals surface area contributed by atoms with E-state index in [0.29, 0.717) is 11.8 Å². The Bertz CT molecular complexity index is 896. The van der Waals surface area contributed by atoms with E-state index < -0.39 is 0 Å². The van der Waals surface area contributed by atoms with Crippen molar-refractivity contribution in [3.8, 4) is 11.5 Å². The Kier molecular flexibility index (Phi) is 6.07. The molecule has 2 N–H and O–H groups in total. The molecule has 152 valence electrons. The van der Waals surface area contributed by atoms with Gasteiger partial charge < -0.3 is 14.2 Å². The zero-order valence-electron chi connectivity index (χ0n) is 17.7. The fraction of sp³-hybridized carbons (Fsp3) is 0.417. The molecule has 1 atom stereocenters. The van der Waals surface area contributed by atoms with E-state index in [1.807, 2.05) is 30.3 Å². The van der Waals surface area contributed by atoms with Crippen molar-refractivity contribution in [1.29, 1.82) is 0 Å². The van der Waals surface area contributed by atoms with Crippen molar-refractivity contribution >= 4 is 0 Å². The lowest BCUT2D eigenvalue weighted by atomic mass is 10.0. The summed E-state index contributed by atoms with van der Waals surface area (Å²) in [4.78, 5) is 3.20. The first kappa shape index (κ1) is 19.8. The first-order valence-electron chi connectivity index (χ1n) is 10.8. The number of nitrogens with zero attached hydrogens (tertiary/aromatic N) is 2. The molecule has 2 aromatic carbocycles. The number of benzene rings is 2. The highest BCUT2D eigenvalue weighted by molar-refractivity contribution is 5.51. The van der Waals surface area contributed by atoms with Crippen molar-refractivity contribution in [3.05, 3.63) is 71.6 Å². The van der Waals surface area contributed by atoms with E-state index in [1.54, 1.807) is 4.90 Å². The van der Waals surface area contributed by atoms with Crippen molar-refractivity contribution in [3.63, 3.8) is 0 Å². The fourth-order valence-corrected chi connectivity index (χ4v) is 4.13. The van der Waals surface area contributed by atoms with Crippen LogP contribution in [-0.4, -0.2) is 36.4 Å². The van der Waals surface area contributed by atoms with Crippen LogP contribution >= 0.6 is 0 Å². The van der Waals surface area contributed by atoms with Gasteiger partial charge in [-0.3, -0.25) is 0 Å². The topological polar surface area (TPSA) is 47.8 Å². The molecule has 1 fully saturated rings. The van der Waals surface area contributed by atoms with Gasteiger partial charge >= 0.3 is 0 Å². The van der Waals surface area contributed by atoms with Gasteiger partial charge in [-0.1, -0.05) is 56.3 Å². The number of hydrogen-bond donors (Lipinski definition) is 2. The molecule has 1 aliphatic rings. The molecule has 0 amide bonds. The molecule has 5 nitrogen and oxygen atoms in total. The predicted molar refractivity (Wildman–Crippen MR) is 114 cm³/mol. The van der Waals surface area contributed by atoms with Gasteiger partial charge in [-0.2, -0.15) is 0 Å². The molecule has 4 rings (SSSR count). The van der Waals surface area contributed by atoms with E-state index in [9.17, 15) is 0 Å². The van der Waals surface area contributed by atoms with Crippen LogP contribution in [-0.2, 0) is 6.54 Å². The summed E-state index contributed by atoms with van der Waals surface area (Å²) < 4.78 is 5.99. The maximum Gasteiger partial charge on any atom is 0.274 e. The quantitative estimate of drug-likeness (QED) is 0.674. The van der Waals surface area contributed by atoms with Crippen LogP contribution in [0.5, 0.6) is 0 Å². The largest absolute Gasteiger partial charge is 0.415 e. The lowest BCUT2D eigenvalue weighted by molar-refractivity contribution is -1.03. The van der Waals surface area contributed by atoms with Crippen LogP contribution in [0.3, 0.4) is 0 Å². The minimum Gasteiger partial charge on any atom is -0.415 e. The third kappa shape index (κ3) is 4.74. The number of aromatic nitrogens is 2. The Morgan fingerprint density at radius 3 is 2.21 bits per heavy atom. The lowest BCUT2D eigenvalue weighted by Crippen LogP contribution is -3.27. The average molecular weight is 393 g/mol. The van der Waals surface area contributed by atoms with Gasteiger partial charge in [0.2, 0.25) is 5.89 Å². The zero-order valence-corrected chi connectivity index (χ0v) is 17.7. The van der Waals surface area contributed by atoms with E-state index >= 15 is 0 Å². The molecule has 0 spiro atoms.